The van der Waals surface area contributed by atoms with Crippen molar-refractivity contribution in [3.63, 3.8) is 0 Å². The number of carbonyl (C=O) groups is 1. The molecule has 1 N–H and O–H groups in total. The van der Waals surface area contributed by atoms with Crippen molar-refractivity contribution in [2.75, 3.05) is 26.2 Å². The van der Waals surface area contributed by atoms with Gasteiger partial charge in [0.15, 0.2) is 0 Å². The van der Waals surface area contributed by atoms with Crippen molar-refractivity contribution in [3.8, 4) is 0 Å². The van der Waals surface area contributed by atoms with Gasteiger partial charge in [0.2, 0.25) is 5.91 Å². The van der Waals surface area contributed by atoms with Gasteiger partial charge in [-0.2, -0.15) is 13.2 Å². The van der Waals surface area contributed by atoms with Crippen molar-refractivity contribution in [1.82, 2.24) is 9.80 Å². The Kier molecular flexibility index (Phi) is 6.15. The number of nitrogens with zero attached hydrogens (tertiary/aromatic N) is 2. The minimum atomic E-state index is -4.42. The number of likely N-dealkylation sites (tertiary alicyclic amines) is 2. The SMILES string of the molecule is C=CCN1CCC(N2CCC(O)(c3cccc(C(F)(F)F)c3)CC2)CCC1=O. The topological polar surface area (TPSA) is 43.8 Å². The molecule has 0 saturated carbocycles. The van der Waals surface area contributed by atoms with Crippen LogP contribution in [0.5, 0.6) is 0 Å². The predicted molar refractivity (Wildman–Crippen MR) is 101 cm³/mol. The van der Waals surface area contributed by atoms with Gasteiger partial charge in [-0.25, -0.2) is 0 Å². The second kappa shape index (κ2) is 8.25. The Bertz CT molecular complexity index is 712. The van der Waals surface area contributed by atoms with Crippen LogP contribution in [0.25, 0.3) is 0 Å². The summed E-state index contributed by atoms with van der Waals surface area (Å²) in [7, 11) is 0. The summed E-state index contributed by atoms with van der Waals surface area (Å²) in [5.41, 5.74) is -1.65. The molecule has 154 valence electrons. The summed E-state index contributed by atoms with van der Waals surface area (Å²) in [5.74, 6) is 0.139. The Morgan fingerprint density at radius 1 is 1.21 bits per heavy atom. The van der Waals surface area contributed by atoms with Gasteiger partial charge in [-0.15, -0.1) is 6.58 Å². The molecule has 1 atom stereocenters. The largest absolute Gasteiger partial charge is 0.416 e. The maximum absolute atomic E-state index is 13.0. The van der Waals surface area contributed by atoms with Crippen LogP contribution in [0.3, 0.4) is 0 Å². The first-order valence-electron chi connectivity index (χ1n) is 9.76. The minimum Gasteiger partial charge on any atom is -0.385 e. The lowest BCUT2D eigenvalue weighted by atomic mass is 9.83. The van der Waals surface area contributed by atoms with E-state index in [0.717, 1.165) is 25.0 Å². The Hall–Kier alpha value is -1.86. The van der Waals surface area contributed by atoms with Gasteiger partial charge in [-0.3, -0.25) is 4.79 Å². The van der Waals surface area contributed by atoms with Crippen molar-refractivity contribution >= 4 is 5.91 Å². The molecule has 28 heavy (non-hydrogen) atoms. The van der Waals surface area contributed by atoms with Crippen molar-refractivity contribution in [2.24, 2.45) is 0 Å². The van der Waals surface area contributed by atoms with Crippen LogP contribution in [0.15, 0.2) is 36.9 Å². The number of amides is 1. The molecule has 1 unspecified atom stereocenters. The molecule has 3 rings (SSSR count). The summed E-state index contributed by atoms with van der Waals surface area (Å²) >= 11 is 0. The lowest BCUT2D eigenvalue weighted by molar-refractivity contribution is -0.137. The smallest absolute Gasteiger partial charge is 0.385 e. The number of rotatable bonds is 4. The fourth-order valence-electron chi connectivity index (χ4n) is 4.27. The van der Waals surface area contributed by atoms with Crippen molar-refractivity contribution in [1.29, 1.82) is 0 Å². The van der Waals surface area contributed by atoms with Crippen LogP contribution in [-0.2, 0) is 16.6 Å². The Labute approximate surface area is 163 Å². The number of benzene rings is 1. The van der Waals surface area contributed by atoms with Gasteiger partial charge >= 0.3 is 6.18 Å². The highest BCUT2D eigenvalue weighted by Crippen LogP contribution is 2.37. The highest BCUT2D eigenvalue weighted by Gasteiger charge is 2.38. The van der Waals surface area contributed by atoms with Crippen LogP contribution in [0.4, 0.5) is 13.2 Å². The molecule has 0 bridgehead atoms. The van der Waals surface area contributed by atoms with Gasteiger partial charge in [-0.05, 0) is 43.4 Å². The Morgan fingerprint density at radius 2 is 1.93 bits per heavy atom. The first kappa shape index (κ1) is 20.9. The van der Waals surface area contributed by atoms with Crippen molar-refractivity contribution in [2.45, 2.75) is 49.9 Å². The molecule has 1 aromatic carbocycles. The molecule has 2 aliphatic heterocycles. The molecule has 1 aromatic rings. The normalized spacial score (nSPS) is 24.1. The quantitative estimate of drug-likeness (QED) is 0.792. The van der Waals surface area contributed by atoms with E-state index in [0.29, 0.717) is 51.0 Å². The lowest BCUT2D eigenvalue weighted by Crippen LogP contribution is -2.47. The first-order valence-corrected chi connectivity index (χ1v) is 9.76. The number of hydrogen-bond donors (Lipinski definition) is 1. The van der Waals surface area contributed by atoms with Crippen molar-refractivity contribution in [3.05, 3.63) is 48.0 Å². The third-order valence-corrected chi connectivity index (χ3v) is 5.99. The zero-order valence-corrected chi connectivity index (χ0v) is 15.9. The maximum atomic E-state index is 13.0. The summed E-state index contributed by atoms with van der Waals surface area (Å²) in [5, 5.41) is 11.0. The van der Waals surface area contributed by atoms with E-state index >= 15 is 0 Å². The van der Waals surface area contributed by atoms with Gasteiger partial charge in [0.25, 0.3) is 0 Å². The monoisotopic (exact) mass is 396 g/mol. The van der Waals surface area contributed by atoms with Gasteiger partial charge in [0, 0.05) is 38.6 Å². The summed E-state index contributed by atoms with van der Waals surface area (Å²) in [4.78, 5) is 16.2. The summed E-state index contributed by atoms with van der Waals surface area (Å²) in [6.07, 6.45) is 0.207. The molecule has 4 nitrogen and oxygen atoms in total. The highest BCUT2D eigenvalue weighted by molar-refractivity contribution is 5.76. The van der Waals surface area contributed by atoms with Crippen LogP contribution < -0.4 is 0 Å². The summed E-state index contributed by atoms with van der Waals surface area (Å²) in [6, 6.07) is 5.27. The van der Waals surface area contributed by atoms with Gasteiger partial charge in [0.05, 0.1) is 11.2 Å². The van der Waals surface area contributed by atoms with E-state index < -0.39 is 17.3 Å². The van der Waals surface area contributed by atoms with Crippen LogP contribution in [0.1, 0.15) is 43.2 Å². The van der Waals surface area contributed by atoms with Gasteiger partial charge in [0.1, 0.15) is 0 Å². The van der Waals surface area contributed by atoms with Crippen molar-refractivity contribution < 1.29 is 23.1 Å². The zero-order valence-electron chi connectivity index (χ0n) is 15.9. The van der Waals surface area contributed by atoms with Crippen LogP contribution in [0, 0.1) is 0 Å². The predicted octanol–water partition coefficient (Wildman–Crippen LogP) is 3.56. The van der Waals surface area contributed by atoms with Crippen LogP contribution in [-0.4, -0.2) is 53.0 Å². The van der Waals surface area contributed by atoms with E-state index in [4.69, 9.17) is 0 Å². The summed E-state index contributed by atoms with van der Waals surface area (Å²) < 4.78 is 39.0. The van der Waals surface area contributed by atoms with E-state index in [9.17, 15) is 23.1 Å². The molecule has 0 aromatic heterocycles. The molecular weight excluding hydrogens is 369 g/mol. The summed E-state index contributed by atoms with van der Waals surface area (Å²) in [6.45, 7) is 6.14. The first-order chi connectivity index (χ1) is 13.2. The average Bonchev–Trinajstić information content (AvgIpc) is 2.84. The molecule has 7 heteroatoms. The highest BCUT2D eigenvalue weighted by atomic mass is 19.4. The molecule has 2 aliphatic rings. The van der Waals surface area contributed by atoms with Gasteiger partial charge in [-0.1, -0.05) is 18.2 Å². The molecule has 1 amide bonds. The zero-order chi connectivity index (χ0) is 20.4. The van der Waals surface area contributed by atoms with E-state index in [1.165, 1.54) is 6.07 Å². The molecule has 2 fully saturated rings. The standard InChI is InChI=1S/C21H27F3N2O2/c1-2-11-26-12-8-18(6-7-19(26)27)25-13-9-20(28,10-14-25)16-4-3-5-17(15-16)21(22,23)24/h2-5,15,18,28H,1,6-14H2. The molecule has 0 radical (unpaired) electrons. The lowest BCUT2D eigenvalue weighted by Gasteiger charge is -2.42. The molecule has 0 spiro atoms. The number of aliphatic hydroxyl groups is 1. The fraction of sp³-hybridized carbons (Fsp3) is 0.571. The second-order valence-corrected chi connectivity index (χ2v) is 7.76. The van der Waals surface area contributed by atoms with Crippen LogP contribution >= 0.6 is 0 Å². The fourth-order valence-corrected chi connectivity index (χ4v) is 4.27. The molecular formula is C21H27F3N2O2. The van der Waals surface area contributed by atoms with E-state index in [-0.39, 0.29) is 11.9 Å². The number of piperidine rings is 1. The molecule has 2 saturated heterocycles. The average molecular weight is 396 g/mol. The van der Waals surface area contributed by atoms with E-state index in [1.54, 1.807) is 12.1 Å². The molecule has 0 aliphatic carbocycles. The second-order valence-electron chi connectivity index (χ2n) is 7.76. The maximum Gasteiger partial charge on any atom is 0.416 e. The number of halogens is 3. The Morgan fingerprint density at radius 3 is 2.57 bits per heavy atom. The van der Waals surface area contributed by atoms with Gasteiger partial charge < -0.3 is 14.9 Å². The molecule has 2 heterocycles. The third kappa shape index (κ3) is 4.58. The number of alkyl halides is 3. The van der Waals surface area contributed by atoms with Crippen LogP contribution in [0.2, 0.25) is 0 Å². The number of hydrogen-bond acceptors (Lipinski definition) is 3. The minimum absolute atomic E-state index is 0.139. The Balaban J connectivity index is 1.64. The van der Waals surface area contributed by atoms with E-state index in [2.05, 4.69) is 11.5 Å². The number of carbonyl (C=O) groups excluding carboxylic acids is 1. The third-order valence-electron chi connectivity index (χ3n) is 5.99. The van der Waals surface area contributed by atoms with E-state index in [1.807, 2.05) is 4.90 Å².